The Morgan fingerprint density at radius 3 is 2.76 bits per heavy atom. The first-order valence-corrected chi connectivity index (χ1v) is 7.07. The highest BCUT2D eigenvalue weighted by Gasteiger charge is 2.26. The van der Waals surface area contributed by atoms with Gasteiger partial charge in [-0.2, -0.15) is 0 Å². The molecule has 0 fully saturated rings. The first kappa shape index (κ1) is 15.1. The van der Waals surface area contributed by atoms with Gasteiger partial charge in [-0.05, 0) is 29.6 Å². The van der Waals surface area contributed by atoms with Crippen LogP contribution in [0, 0.1) is 17.8 Å². The SMILES string of the molecule is C#CCOc1ccccc1/C=C/C1=CC(=O)CC(C)(C)C1. The fourth-order valence-electron chi connectivity index (χ4n) is 2.57. The Labute approximate surface area is 126 Å². The Hall–Kier alpha value is -2.27. The molecule has 0 aliphatic heterocycles. The molecule has 2 rings (SSSR count). The van der Waals surface area contributed by atoms with Gasteiger partial charge in [0.15, 0.2) is 5.78 Å². The summed E-state index contributed by atoms with van der Waals surface area (Å²) < 4.78 is 5.51. The van der Waals surface area contributed by atoms with Crippen molar-refractivity contribution >= 4 is 11.9 Å². The first-order chi connectivity index (χ1) is 10.00. The number of ether oxygens (including phenoxy) is 1. The average molecular weight is 280 g/mol. The molecule has 1 aliphatic rings. The molecule has 0 N–H and O–H groups in total. The van der Waals surface area contributed by atoms with Gasteiger partial charge in [-0.15, -0.1) is 6.42 Å². The molecule has 108 valence electrons. The summed E-state index contributed by atoms with van der Waals surface area (Å²) in [6.45, 7) is 4.49. The van der Waals surface area contributed by atoms with Gasteiger partial charge < -0.3 is 4.74 Å². The Bertz CT molecular complexity index is 627. The van der Waals surface area contributed by atoms with Crippen LogP contribution in [0.2, 0.25) is 0 Å². The third-order valence-electron chi connectivity index (χ3n) is 3.39. The summed E-state index contributed by atoms with van der Waals surface area (Å²) in [4.78, 5) is 11.8. The summed E-state index contributed by atoms with van der Waals surface area (Å²) in [6.07, 6.45) is 12.5. The molecule has 0 spiro atoms. The highest BCUT2D eigenvalue weighted by molar-refractivity contribution is 5.92. The fraction of sp³-hybridized carbons (Fsp3) is 0.316. The maximum Gasteiger partial charge on any atom is 0.156 e. The molecule has 1 aromatic carbocycles. The molecule has 21 heavy (non-hydrogen) atoms. The van der Waals surface area contributed by atoms with Crippen LogP contribution in [0.5, 0.6) is 5.75 Å². The first-order valence-electron chi connectivity index (χ1n) is 7.07. The van der Waals surface area contributed by atoms with Gasteiger partial charge in [0.05, 0.1) is 0 Å². The monoisotopic (exact) mass is 280 g/mol. The summed E-state index contributed by atoms with van der Waals surface area (Å²) in [7, 11) is 0. The predicted molar refractivity (Wildman–Crippen MR) is 85.9 cm³/mol. The van der Waals surface area contributed by atoms with E-state index in [1.165, 1.54) is 0 Å². The molecule has 0 radical (unpaired) electrons. The minimum absolute atomic E-state index is 0.0327. The molecule has 0 heterocycles. The lowest BCUT2D eigenvalue weighted by Gasteiger charge is -2.27. The van der Waals surface area contributed by atoms with Crippen molar-refractivity contribution in [3.8, 4) is 18.1 Å². The maximum atomic E-state index is 11.8. The summed E-state index contributed by atoms with van der Waals surface area (Å²) in [5.41, 5.74) is 2.05. The van der Waals surface area contributed by atoms with E-state index in [2.05, 4.69) is 19.8 Å². The number of benzene rings is 1. The largest absolute Gasteiger partial charge is 0.480 e. The summed E-state index contributed by atoms with van der Waals surface area (Å²) in [5.74, 6) is 3.42. The number of terminal acetylenes is 1. The van der Waals surface area contributed by atoms with Gasteiger partial charge in [0, 0.05) is 12.0 Å². The van der Waals surface area contributed by atoms with Crippen molar-refractivity contribution in [2.24, 2.45) is 5.41 Å². The molecular formula is C19H20O2. The third kappa shape index (κ3) is 4.36. The van der Waals surface area contributed by atoms with Crippen LogP contribution in [0.25, 0.3) is 6.08 Å². The lowest BCUT2D eigenvalue weighted by molar-refractivity contribution is -0.116. The van der Waals surface area contributed by atoms with Crippen LogP contribution in [0.15, 0.2) is 42.0 Å². The molecule has 0 bridgehead atoms. The van der Waals surface area contributed by atoms with Crippen LogP contribution >= 0.6 is 0 Å². The molecule has 0 aromatic heterocycles. The van der Waals surface area contributed by atoms with E-state index in [1.807, 2.05) is 36.4 Å². The lowest BCUT2D eigenvalue weighted by Crippen LogP contribution is -2.21. The zero-order chi connectivity index (χ0) is 15.3. The van der Waals surface area contributed by atoms with Crippen molar-refractivity contribution in [1.29, 1.82) is 0 Å². The van der Waals surface area contributed by atoms with Crippen LogP contribution < -0.4 is 4.74 Å². The number of hydrogen-bond donors (Lipinski definition) is 0. The number of carbonyl (C=O) groups is 1. The lowest BCUT2D eigenvalue weighted by atomic mass is 9.77. The van der Waals surface area contributed by atoms with Crippen LogP contribution in [0.1, 0.15) is 32.3 Å². The fourth-order valence-corrected chi connectivity index (χ4v) is 2.57. The van der Waals surface area contributed by atoms with Gasteiger partial charge in [0.2, 0.25) is 0 Å². The van der Waals surface area contributed by atoms with Gasteiger partial charge in [0.1, 0.15) is 12.4 Å². The molecule has 1 aromatic rings. The van der Waals surface area contributed by atoms with Crippen molar-refractivity contribution in [3.05, 3.63) is 47.6 Å². The number of hydrogen-bond acceptors (Lipinski definition) is 2. The van der Waals surface area contributed by atoms with E-state index in [0.717, 1.165) is 23.3 Å². The highest BCUT2D eigenvalue weighted by Crippen LogP contribution is 2.34. The van der Waals surface area contributed by atoms with E-state index in [9.17, 15) is 4.79 Å². The topological polar surface area (TPSA) is 26.3 Å². The second kappa shape index (κ2) is 6.45. The molecule has 2 heteroatoms. The minimum atomic E-state index is 0.0327. The van der Waals surface area contributed by atoms with Crippen LogP contribution in [0.4, 0.5) is 0 Å². The third-order valence-corrected chi connectivity index (χ3v) is 3.39. The molecule has 0 amide bonds. The molecular weight excluding hydrogens is 260 g/mol. The number of ketones is 1. The molecule has 2 nitrogen and oxygen atoms in total. The van der Waals surface area contributed by atoms with Gasteiger partial charge in [0.25, 0.3) is 0 Å². The Balaban J connectivity index is 2.18. The Morgan fingerprint density at radius 1 is 1.29 bits per heavy atom. The van der Waals surface area contributed by atoms with Crippen molar-refractivity contribution in [1.82, 2.24) is 0 Å². The molecule has 0 saturated heterocycles. The zero-order valence-electron chi connectivity index (χ0n) is 12.6. The van der Waals surface area contributed by atoms with Crippen molar-refractivity contribution < 1.29 is 9.53 Å². The predicted octanol–water partition coefficient (Wildman–Crippen LogP) is 4.03. The maximum absolute atomic E-state index is 11.8. The number of para-hydroxylation sites is 1. The van der Waals surface area contributed by atoms with Crippen LogP contribution in [-0.2, 0) is 4.79 Å². The van der Waals surface area contributed by atoms with Gasteiger partial charge in [-0.1, -0.05) is 50.1 Å². The van der Waals surface area contributed by atoms with E-state index in [4.69, 9.17) is 11.2 Å². The minimum Gasteiger partial charge on any atom is -0.480 e. The van der Waals surface area contributed by atoms with Crippen molar-refractivity contribution in [2.75, 3.05) is 6.61 Å². The summed E-state index contributed by atoms with van der Waals surface area (Å²) in [5, 5.41) is 0. The van der Waals surface area contributed by atoms with Crippen LogP contribution in [0.3, 0.4) is 0 Å². The van der Waals surface area contributed by atoms with Gasteiger partial charge in [-0.25, -0.2) is 0 Å². The van der Waals surface area contributed by atoms with Gasteiger partial charge >= 0.3 is 0 Å². The molecule has 0 unspecified atom stereocenters. The Morgan fingerprint density at radius 2 is 2.05 bits per heavy atom. The van der Waals surface area contributed by atoms with E-state index in [0.29, 0.717) is 6.42 Å². The summed E-state index contributed by atoms with van der Waals surface area (Å²) >= 11 is 0. The number of allylic oxidation sites excluding steroid dienone is 3. The highest BCUT2D eigenvalue weighted by atomic mass is 16.5. The quantitative estimate of drug-likeness (QED) is 0.778. The van der Waals surface area contributed by atoms with Gasteiger partial charge in [-0.3, -0.25) is 4.79 Å². The molecule has 1 aliphatic carbocycles. The van der Waals surface area contributed by atoms with Crippen molar-refractivity contribution in [2.45, 2.75) is 26.7 Å². The molecule has 0 saturated carbocycles. The van der Waals surface area contributed by atoms with Crippen LogP contribution in [-0.4, -0.2) is 12.4 Å². The van der Waals surface area contributed by atoms with E-state index in [-0.39, 0.29) is 17.8 Å². The number of rotatable bonds is 4. The Kier molecular flexibility index (Phi) is 4.65. The second-order valence-corrected chi connectivity index (χ2v) is 6.07. The van der Waals surface area contributed by atoms with E-state index >= 15 is 0 Å². The second-order valence-electron chi connectivity index (χ2n) is 6.07. The van der Waals surface area contributed by atoms with E-state index in [1.54, 1.807) is 6.08 Å². The standard InChI is InChI=1S/C19H20O2/c1-4-11-21-18-8-6-5-7-16(18)10-9-15-12-17(20)14-19(2,3)13-15/h1,5-10,12H,11,13-14H2,2-3H3/b10-9+. The summed E-state index contributed by atoms with van der Waals surface area (Å²) in [6, 6.07) is 7.72. The zero-order valence-corrected chi connectivity index (χ0v) is 12.6. The smallest absolute Gasteiger partial charge is 0.156 e. The van der Waals surface area contributed by atoms with E-state index < -0.39 is 0 Å². The van der Waals surface area contributed by atoms with Crippen molar-refractivity contribution in [3.63, 3.8) is 0 Å². The number of carbonyl (C=O) groups excluding carboxylic acids is 1. The average Bonchev–Trinajstić information content (AvgIpc) is 2.41. The normalized spacial score (nSPS) is 17.4. The molecule has 0 atom stereocenters.